The molecule has 4 heteroatoms. The fraction of sp³-hybridized carbons (Fsp3) is 0.400. The van der Waals surface area contributed by atoms with Crippen molar-refractivity contribution < 1.29 is 19.0 Å². The van der Waals surface area contributed by atoms with Crippen LogP contribution in [0.15, 0.2) is 12.1 Å². The van der Waals surface area contributed by atoms with Crippen molar-refractivity contribution >= 4 is 0 Å². The van der Waals surface area contributed by atoms with E-state index in [1.807, 2.05) is 0 Å². The molecule has 0 aliphatic heterocycles. The third-order valence-electron chi connectivity index (χ3n) is 2.19. The lowest BCUT2D eigenvalue weighted by atomic mass is 9.85. The van der Waals surface area contributed by atoms with Crippen molar-refractivity contribution in [3.63, 3.8) is 0 Å². The molecule has 0 spiro atoms. The Balaban J connectivity index is 3.31. The number of phenols is 1. The van der Waals surface area contributed by atoms with E-state index in [-0.39, 0.29) is 12.2 Å². The van der Waals surface area contributed by atoms with Gasteiger partial charge in [0.2, 0.25) is 5.82 Å². The fourth-order valence-corrected chi connectivity index (χ4v) is 1.15. The predicted molar refractivity (Wildman–Crippen MR) is 48.1 cm³/mol. The van der Waals surface area contributed by atoms with Crippen LogP contribution >= 0.6 is 0 Å². The minimum atomic E-state index is -1.27. The number of aromatic hydroxyl groups is 1. The molecule has 0 unspecified atom stereocenters. The summed E-state index contributed by atoms with van der Waals surface area (Å²) in [7, 11) is 0. The van der Waals surface area contributed by atoms with Gasteiger partial charge in [0.25, 0.3) is 0 Å². The number of hydrogen-bond donors (Lipinski definition) is 2. The van der Waals surface area contributed by atoms with E-state index in [9.17, 15) is 8.78 Å². The summed E-state index contributed by atoms with van der Waals surface area (Å²) in [6.07, 6.45) is 0. The number of rotatable bonds is 2. The first kappa shape index (κ1) is 10.9. The molecular weight excluding hydrogens is 190 g/mol. The third kappa shape index (κ3) is 1.70. The Bertz CT molecular complexity index is 348. The zero-order valence-corrected chi connectivity index (χ0v) is 8.01. The van der Waals surface area contributed by atoms with Gasteiger partial charge in [0.15, 0.2) is 11.6 Å². The molecule has 0 aromatic heterocycles. The Kier molecular flexibility index (Phi) is 2.76. The highest BCUT2D eigenvalue weighted by Gasteiger charge is 2.26. The molecule has 0 aliphatic carbocycles. The molecule has 0 saturated carbocycles. The Hall–Kier alpha value is -1.16. The van der Waals surface area contributed by atoms with Gasteiger partial charge < -0.3 is 10.2 Å². The second kappa shape index (κ2) is 3.53. The molecule has 1 rings (SSSR count). The van der Waals surface area contributed by atoms with Gasteiger partial charge in [-0.2, -0.15) is 4.39 Å². The van der Waals surface area contributed by atoms with Crippen LogP contribution in [0.4, 0.5) is 8.78 Å². The minimum absolute atomic E-state index is 0.0512. The normalized spacial score (nSPS) is 11.8. The summed E-state index contributed by atoms with van der Waals surface area (Å²) < 4.78 is 26.3. The highest BCUT2D eigenvalue weighted by atomic mass is 19.2. The largest absolute Gasteiger partial charge is 0.505 e. The number of aliphatic hydroxyl groups excluding tert-OH is 1. The zero-order chi connectivity index (χ0) is 10.9. The van der Waals surface area contributed by atoms with E-state index in [1.54, 1.807) is 13.8 Å². The molecule has 0 aliphatic rings. The molecular formula is C10H12F2O2. The predicted octanol–water partition coefficient (Wildman–Crippen LogP) is 1.94. The summed E-state index contributed by atoms with van der Waals surface area (Å²) in [5.74, 6) is -3.10. The average Bonchev–Trinajstić information content (AvgIpc) is 2.14. The average molecular weight is 202 g/mol. The van der Waals surface area contributed by atoms with Gasteiger partial charge in [-0.1, -0.05) is 19.9 Å². The number of benzene rings is 1. The maximum atomic E-state index is 13.3. The van der Waals surface area contributed by atoms with Gasteiger partial charge in [-0.05, 0) is 11.6 Å². The topological polar surface area (TPSA) is 40.5 Å². The lowest BCUT2D eigenvalue weighted by Crippen LogP contribution is -2.24. The SMILES string of the molecule is CC(C)(CO)c1ccc(O)c(F)c1F. The van der Waals surface area contributed by atoms with Crippen molar-refractivity contribution in [2.45, 2.75) is 19.3 Å². The van der Waals surface area contributed by atoms with Crippen LogP contribution in [-0.2, 0) is 5.41 Å². The number of halogens is 2. The van der Waals surface area contributed by atoms with Crippen molar-refractivity contribution in [3.05, 3.63) is 29.3 Å². The summed E-state index contributed by atoms with van der Waals surface area (Å²) in [5.41, 5.74) is -0.811. The number of phenolic OH excluding ortho intramolecular Hbond substituents is 1. The Morgan fingerprint density at radius 2 is 1.79 bits per heavy atom. The first-order valence-corrected chi connectivity index (χ1v) is 4.18. The Labute approximate surface area is 80.8 Å². The quantitative estimate of drug-likeness (QED) is 0.769. The lowest BCUT2D eigenvalue weighted by Gasteiger charge is -2.22. The fourth-order valence-electron chi connectivity index (χ4n) is 1.15. The molecule has 0 atom stereocenters. The van der Waals surface area contributed by atoms with Gasteiger partial charge in [0, 0.05) is 5.41 Å². The Morgan fingerprint density at radius 3 is 2.29 bits per heavy atom. The number of hydrogen-bond acceptors (Lipinski definition) is 2. The van der Waals surface area contributed by atoms with E-state index < -0.39 is 22.8 Å². The summed E-state index contributed by atoms with van der Waals surface area (Å²) in [6.45, 7) is 2.87. The van der Waals surface area contributed by atoms with Gasteiger partial charge in [0.1, 0.15) is 0 Å². The van der Waals surface area contributed by atoms with Crippen LogP contribution in [0.2, 0.25) is 0 Å². The second-order valence-corrected chi connectivity index (χ2v) is 3.80. The minimum Gasteiger partial charge on any atom is -0.505 e. The summed E-state index contributed by atoms with van der Waals surface area (Å²) >= 11 is 0. The Morgan fingerprint density at radius 1 is 1.21 bits per heavy atom. The van der Waals surface area contributed by atoms with Crippen LogP contribution in [0, 0.1) is 11.6 Å². The van der Waals surface area contributed by atoms with Gasteiger partial charge in [-0.15, -0.1) is 0 Å². The van der Waals surface area contributed by atoms with Gasteiger partial charge >= 0.3 is 0 Å². The first-order chi connectivity index (χ1) is 6.40. The van der Waals surface area contributed by atoms with Crippen LogP contribution in [0.3, 0.4) is 0 Å². The molecule has 0 fully saturated rings. The van der Waals surface area contributed by atoms with Crippen LogP contribution in [0.1, 0.15) is 19.4 Å². The summed E-state index contributed by atoms with van der Waals surface area (Å²) in [4.78, 5) is 0. The van der Waals surface area contributed by atoms with Gasteiger partial charge in [0.05, 0.1) is 6.61 Å². The van der Waals surface area contributed by atoms with E-state index in [0.29, 0.717) is 0 Å². The highest BCUT2D eigenvalue weighted by molar-refractivity contribution is 5.34. The van der Waals surface area contributed by atoms with Crippen molar-refractivity contribution in [1.29, 1.82) is 0 Å². The molecule has 1 aromatic rings. The molecule has 14 heavy (non-hydrogen) atoms. The van der Waals surface area contributed by atoms with Crippen molar-refractivity contribution in [1.82, 2.24) is 0 Å². The molecule has 0 bridgehead atoms. The highest BCUT2D eigenvalue weighted by Crippen LogP contribution is 2.30. The molecule has 0 heterocycles. The lowest BCUT2D eigenvalue weighted by molar-refractivity contribution is 0.213. The van der Waals surface area contributed by atoms with E-state index in [4.69, 9.17) is 10.2 Å². The molecule has 0 radical (unpaired) electrons. The van der Waals surface area contributed by atoms with Crippen LogP contribution < -0.4 is 0 Å². The van der Waals surface area contributed by atoms with Crippen LogP contribution in [0.5, 0.6) is 5.75 Å². The summed E-state index contributed by atoms with van der Waals surface area (Å²) in [5, 5.41) is 17.9. The smallest absolute Gasteiger partial charge is 0.200 e. The molecule has 0 saturated heterocycles. The van der Waals surface area contributed by atoms with Crippen LogP contribution in [0.25, 0.3) is 0 Å². The molecule has 2 N–H and O–H groups in total. The van der Waals surface area contributed by atoms with Gasteiger partial charge in [-0.3, -0.25) is 0 Å². The van der Waals surface area contributed by atoms with Crippen molar-refractivity contribution in [2.24, 2.45) is 0 Å². The number of aliphatic hydroxyl groups is 1. The van der Waals surface area contributed by atoms with Crippen molar-refractivity contribution in [2.75, 3.05) is 6.61 Å². The molecule has 2 nitrogen and oxygen atoms in total. The summed E-state index contributed by atoms with van der Waals surface area (Å²) in [6, 6.07) is 2.34. The van der Waals surface area contributed by atoms with Crippen molar-refractivity contribution in [3.8, 4) is 5.75 Å². The zero-order valence-electron chi connectivity index (χ0n) is 8.01. The van der Waals surface area contributed by atoms with Gasteiger partial charge in [-0.25, -0.2) is 4.39 Å². The van der Waals surface area contributed by atoms with E-state index in [1.165, 1.54) is 6.07 Å². The molecule has 78 valence electrons. The molecule has 1 aromatic carbocycles. The first-order valence-electron chi connectivity index (χ1n) is 4.18. The van der Waals surface area contributed by atoms with E-state index >= 15 is 0 Å². The maximum absolute atomic E-state index is 13.3. The monoisotopic (exact) mass is 202 g/mol. The second-order valence-electron chi connectivity index (χ2n) is 3.80. The third-order valence-corrected chi connectivity index (χ3v) is 2.19. The standard InChI is InChI=1S/C10H12F2O2/c1-10(2,5-13)6-3-4-7(14)9(12)8(6)11/h3-4,13-14H,5H2,1-2H3. The van der Waals surface area contributed by atoms with E-state index in [2.05, 4.69) is 0 Å². The molecule has 0 amide bonds. The van der Waals surface area contributed by atoms with E-state index in [0.717, 1.165) is 6.07 Å². The van der Waals surface area contributed by atoms with Crippen LogP contribution in [-0.4, -0.2) is 16.8 Å². The maximum Gasteiger partial charge on any atom is 0.200 e.